The Balaban J connectivity index is 1.87. The van der Waals surface area contributed by atoms with Crippen LogP contribution in [0.3, 0.4) is 0 Å². The van der Waals surface area contributed by atoms with Crippen molar-refractivity contribution in [1.29, 1.82) is 5.26 Å². The van der Waals surface area contributed by atoms with E-state index in [0.717, 1.165) is 37.2 Å². The molecule has 3 rings (SSSR count). The van der Waals surface area contributed by atoms with Gasteiger partial charge in [0.05, 0.1) is 17.6 Å². The van der Waals surface area contributed by atoms with E-state index >= 15 is 0 Å². The van der Waals surface area contributed by atoms with Crippen molar-refractivity contribution in [2.45, 2.75) is 18.8 Å². The summed E-state index contributed by atoms with van der Waals surface area (Å²) in [6, 6.07) is 7.56. The van der Waals surface area contributed by atoms with Crippen molar-refractivity contribution in [2.75, 3.05) is 18.4 Å². The highest BCUT2D eigenvalue weighted by molar-refractivity contribution is 6.03. The largest absolute Gasteiger partial charge is 0.325 e. The van der Waals surface area contributed by atoms with Crippen molar-refractivity contribution < 1.29 is 4.79 Å². The van der Waals surface area contributed by atoms with Gasteiger partial charge in [0.25, 0.3) is 0 Å². The first-order chi connectivity index (χ1) is 8.78. The Bertz CT molecular complexity index is 526. The lowest BCUT2D eigenvalue weighted by Gasteiger charge is -2.13. The molecule has 2 heterocycles. The van der Waals surface area contributed by atoms with Crippen LogP contribution in [0.4, 0.5) is 5.69 Å². The molecule has 2 aliphatic rings. The number of carbonyl (C=O) groups excluding carboxylic acids is 1. The van der Waals surface area contributed by atoms with E-state index < -0.39 is 0 Å². The summed E-state index contributed by atoms with van der Waals surface area (Å²) in [6.45, 7) is 2.04. The van der Waals surface area contributed by atoms with Gasteiger partial charge in [-0.15, -0.1) is 0 Å². The topological polar surface area (TPSA) is 64.9 Å². The van der Waals surface area contributed by atoms with Crippen LogP contribution in [-0.2, 0) is 4.79 Å². The zero-order valence-electron chi connectivity index (χ0n) is 10.1. The number of hydrogen-bond acceptors (Lipinski definition) is 3. The van der Waals surface area contributed by atoms with E-state index in [0.29, 0.717) is 11.5 Å². The molecule has 0 radical (unpaired) electrons. The van der Waals surface area contributed by atoms with Gasteiger partial charge in [0.15, 0.2) is 0 Å². The molecule has 1 saturated heterocycles. The number of anilines is 1. The summed E-state index contributed by atoms with van der Waals surface area (Å²) in [7, 11) is 0. The predicted octanol–water partition coefficient (Wildman–Crippen LogP) is 1.59. The Hall–Kier alpha value is -1.86. The highest BCUT2D eigenvalue weighted by Gasteiger charge is 2.33. The Morgan fingerprint density at radius 2 is 2.33 bits per heavy atom. The van der Waals surface area contributed by atoms with E-state index in [4.69, 9.17) is 5.26 Å². The van der Waals surface area contributed by atoms with Gasteiger partial charge < -0.3 is 10.6 Å². The third kappa shape index (κ3) is 1.87. The molecule has 2 unspecified atom stereocenters. The lowest BCUT2D eigenvalue weighted by molar-refractivity contribution is -0.117. The van der Waals surface area contributed by atoms with Crippen LogP contribution < -0.4 is 10.6 Å². The van der Waals surface area contributed by atoms with Crippen LogP contribution in [0, 0.1) is 17.2 Å². The zero-order chi connectivity index (χ0) is 12.5. The van der Waals surface area contributed by atoms with Gasteiger partial charge in [0, 0.05) is 5.69 Å². The van der Waals surface area contributed by atoms with E-state index in [-0.39, 0.29) is 11.8 Å². The fourth-order valence-corrected chi connectivity index (χ4v) is 2.88. The maximum Gasteiger partial charge on any atom is 0.232 e. The SMILES string of the molecule is N#Cc1ccc2c(c1)C(CC1CCNC1)C(=O)N2. The fraction of sp³-hybridized carbons (Fsp3) is 0.429. The first-order valence-electron chi connectivity index (χ1n) is 6.33. The van der Waals surface area contributed by atoms with Crippen LogP contribution in [0.15, 0.2) is 18.2 Å². The molecule has 2 atom stereocenters. The second kappa shape index (κ2) is 4.43. The molecule has 92 valence electrons. The molecule has 1 aromatic rings. The Morgan fingerprint density at radius 1 is 1.44 bits per heavy atom. The summed E-state index contributed by atoms with van der Waals surface area (Å²) in [5, 5.41) is 15.2. The van der Waals surface area contributed by atoms with Crippen LogP contribution in [0.1, 0.15) is 29.9 Å². The maximum atomic E-state index is 12.0. The van der Waals surface area contributed by atoms with E-state index in [2.05, 4.69) is 16.7 Å². The third-order valence-electron chi connectivity index (χ3n) is 3.86. The van der Waals surface area contributed by atoms with Crippen LogP contribution >= 0.6 is 0 Å². The van der Waals surface area contributed by atoms with Gasteiger partial charge >= 0.3 is 0 Å². The Morgan fingerprint density at radius 3 is 3.06 bits per heavy atom. The normalized spacial score (nSPS) is 25.6. The minimum atomic E-state index is -0.0850. The molecule has 0 aliphatic carbocycles. The van der Waals surface area contributed by atoms with Gasteiger partial charge in [-0.25, -0.2) is 0 Å². The fourth-order valence-electron chi connectivity index (χ4n) is 2.88. The monoisotopic (exact) mass is 241 g/mol. The number of hydrogen-bond donors (Lipinski definition) is 2. The third-order valence-corrected chi connectivity index (χ3v) is 3.86. The number of benzene rings is 1. The molecule has 18 heavy (non-hydrogen) atoms. The first-order valence-corrected chi connectivity index (χ1v) is 6.33. The van der Waals surface area contributed by atoms with Crippen molar-refractivity contribution in [1.82, 2.24) is 5.32 Å². The van der Waals surface area contributed by atoms with Gasteiger partial charge in [0.1, 0.15) is 0 Å². The van der Waals surface area contributed by atoms with Gasteiger partial charge in [0.2, 0.25) is 5.91 Å². The molecule has 0 saturated carbocycles. The molecule has 0 spiro atoms. The number of fused-ring (bicyclic) bond motifs is 1. The van der Waals surface area contributed by atoms with E-state index in [1.807, 2.05) is 12.1 Å². The van der Waals surface area contributed by atoms with Crippen LogP contribution in [-0.4, -0.2) is 19.0 Å². The van der Waals surface area contributed by atoms with Gasteiger partial charge in [-0.3, -0.25) is 4.79 Å². The van der Waals surface area contributed by atoms with E-state index in [9.17, 15) is 4.79 Å². The molecule has 4 heteroatoms. The highest BCUT2D eigenvalue weighted by atomic mass is 16.2. The minimum absolute atomic E-state index is 0.0759. The minimum Gasteiger partial charge on any atom is -0.325 e. The Labute approximate surface area is 106 Å². The van der Waals surface area contributed by atoms with Crippen LogP contribution in [0.25, 0.3) is 0 Å². The number of nitriles is 1. The highest BCUT2D eigenvalue weighted by Crippen LogP contribution is 2.37. The Kier molecular flexibility index (Phi) is 2.77. The second-order valence-electron chi connectivity index (χ2n) is 5.05. The number of nitrogens with one attached hydrogen (secondary N) is 2. The summed E-state index contributed by atoms with van der Waals surface area (Å²) in [4.78, 5) is 12.0. The summed E-state index contributed by atoms with van der Waals surface area (Å²) >= 11 is 0. The molecule has 2 N–H and O–H groups in total. The molecule has 1 amide bonds. The zero-order valence-corrected chi connectivity index (χ0v) is 10.1. The van der Waals surface area contributed by atoms with Gasteiger partial charge in [-0.05, 0) is 55.6 Å². The molecular weight excluding hydrogens is 226 g/mol. The van der Waals surface area contributed by atoms with Crippen molar-refractivity contribution >= 4 is 11.6 Å². The molecule has 2 aliphatic heterocycles. The second-order valence-corrected chi connectivity index (χ2v) is 5.05. The van der Waals surface area contributed by atoms with Crippen LogP contribution in [0.2, 0.25) is 0 Å². The van der Waals surface area contributed by atoms with Crippen molar-refractivity contribution in [3.05, 3.63) is 29.3 Å². The van der Waals surface area contributed by atoms with Gasteiger partial charge in [-0.2, -0.15) is 5.26 Å². The molecule has 0 aromatic heterocycles. The summed E-state index contributed by atoms with van der Waals surface area (Å²) < 4.78 is 0. The lowest BCUT2D eigenvalue weighted by Crippen LogP contribution is -2.17. The quantitative estimate of drug-likeness (QED) is 0.826. The molecule has 4 nitrogen and oxygen atoms in total. The predicted molar refractivity (Wildman–Crippen MR) is 68.1 cm³/mol. The molecule has 0 bridgehead atoms. The average molecular weight is 241 g/mol. The summed E-state index contributed by atoms with van der Waals surface area (Å²) in [5.41, 5.74) is 2.49. The first kappa shape index (κ1) is 11.2. The molecular formula is C14H15N3O. The molecule has 1 aromatic carbocycles. The van der Waals surface area contributed by atoms with Crippen molar-refractivity contribution in [2.24, 2.45) is 5.92 Å². The standard InChI is InChI=1S/C14H15N3O/c15-7-9-1-2-13-11(5-9)12(14(18)17-13)6-10-3-4-16-8-10/h1-2,5,10,12,16H,3-4,6,8H2,(H,17,18). The van der Waals surface area contributed by atoms with E-state index in [1.165, 1.54) is 0 Å². The number of nitrogens with zero attached hydrogens (tertiary/aromatic N) is 1. The smallest absolute Gasteiger partial charge is 0.232 e. The van der Waals surface area contributed by atoms with E-state index in [1.54, 1.807) is 6.07 Å². The summed E-state index contributed by atoms with van der Waals surface area (Å²) in [6.07, 6.45) is 2.01. The van der Waals surface area contributed by atoms with Crippen LogP contribution in [0.5, 0.6) is 0 Å². The molecule has 1 fully saturated rings. The maximum absolute atomic E-state index is 12.0. The summed E-state index contributed by atoms with van der Waals surface area (Å²) in [5.74, 6) is 0.558. The van der Waals surface area contributed by atoms with Crippen molar-refractivity contribution in [3.8, 4) is 6.07 Å². The van der Waals surface area contributed by atoms with Crippen molar-refractivity contribution in [3.63, 3.8) is 0 Å². The number of rotatable bonds is 2. The number of amides is 1. The number of carbonyl (C=O) groups is 1. The van der Waals surface area contributed by atoms with Gasteiger partial charge in [-0.1, -0.05) is 0 Å². The lowest BCUT2D eigenvalue weighted by atomic mass is 9.88. The average Bonchev–Trinajstić information content (AvgIpc) is 2.99.